The minimum atomic E-state index is -2.77. The van der Waals surface area contributed by atoms with Gasteiger partial charge in [0.2, 0.25) is 5.56 Å². The van der Waals surface area contributed by atoms with Gasteiger partial charge in [-0.2, -0.15) is 0 Å². The van der Waals surface area contributed by atoms with Crippen molar-refractivity contribution in [3.8, 4) is 0 Å². The number of pyridine rings is 1. The van der Waals surface area contributed by atoms with Gasteiger partial charge in [-0.15, -0.1) is 0 Å². The molecule has 0 saturated carbocycles. The summed E-state index contributed by atoms with van der Waals surface area (Å²) in [4.78, 5) is 25.0. The molecule has 0 spiro atoms. The summed E-state index contributed by atoms with van der Waals surface area (Å²) in [6, 6.07) is 0.812. The molecule has 5 heteroatoms. The summed E-state index contributed by atoms with van der Waals surface area (Å²) in [6.45, 7) is 0. The molecule has 1 aliphatic rings. The molecule has 1 N–H and O–H groups in total. The van der Waals surface area contributed by atoms with Crippen LogP contribution < -0.4 is 5.56 Å². The molecule has 0 saturated heterocycles. The molecule has 0 atom stereocenters. The number of aromatic nitrogens is 1. The molecule has 0 aromatic carbocycles. The number of hydrogen-bond acceptors (Lipinski definition) is 2. The van der Waals surface area contributed by atoms with Crippen LogP contribution in [0.2, 0.25) is 0 Å². The highest BCUT2D eigenvalue weighted by atomic mass is 19.3. The minimum Gasteiger partial charge on any atom is -0.325 e. The summed E-state index contributed by atoms with van der Waals surface area (Å²) in [5.41, 5.74) is -0.623. The number of alkyl halides is 2. The number of hydrogen-bond donors (Lipinski definition) is 1. The molecule has 15 heavy (non-hydrogen) atoms. The fraction of sp³-hybridized carbons (Fsp3) is 0.400. The highest BCUT2D eigenvalue weighted by molar-refractivity contribution is 5.99. The topological polar surface area (TPSA) is 49.9 Å². The van der Waals surface area contributed by atoms with Crippen molar-refractivity contribution in [1.29, 1.82) is 0 Å². The summed E-state index contributed by atoms with van der Waals surface area (Å²) in [6.07, 6.45) is -1.41. The highest BCUT2D eigenvalue weighted by Crippen LogP contribution is 2.28. The predicted octanol–water partition coefficient (Wildman–Crippen LogP) is 1.83. The molecule has 1 aliphatic carbocycles. The first kappa shape index (κ1) is 10.0. The lowest BCUT2D eigenvalue weighted by atomic mass is 9.91. The lowest BCUT2D eigenvalue weighted by Crippen LogP contribution is -2.21. The number of H-pyrrole nitrogens is 1. The van der Waals surface area contributed by atoms with Crippen LogP contribution in [0.4, 0.5) is 8.78 Å². The van der Waals surface area contributed by atoms with E-state index >= 15 is 0 Å². The molecule has 0 radical (unpaired) electrons. The smallest absolute Gasteiger partial charge is 0.264 e. The van der Waals surface area contributed by atoms with Gasteiger partial charge in [0.25, 0.3) is 6.43 Å². The Labute approximate surface area is 84.1 Å². The number of carbonyl (C=O) groups is 1. The number of aromatic amines is 1. The van der Waals surface area contributed by atoms with E-state index in [9.17, 15) is 18.4 Å². The zero-order valence-corrected chi connectivity index (χ0v) is 7.85. The lowest BCUT2D eigenvalue weighted by molar-refractivity contribution is 0.0956. The summed E-state index contributed by atoms with van der Waals surface area (Å²) < 4.78 is 25.2. The van der Waals surface area contributed by atoms with Gasteiger partial charge in [0.1, 0.15) is 0 Å². The molecule has 1 aromatic heterocycles. The first-order chi connectivity index (χ1) is 7.09. The van der Waals surface area contributed by atoms with Crippen LogP contribution in [0, 0.1) is 0 Å². The zero-order valence-electron chi connectivity index (χ0n) is 7.85. The average molecular weight is 213 g/mol. The molecule has 0 aliphatic heterocycles. The van der Waals surface area contributed by atoms with Gasteiger partial charge < -0.3 is 4.98 Å². The second-order valence-corrected chi connectivity index (χ2v) is 3.52. The fourth-order valence-electron chi connectivity index (χ4n) is 1.87. The molecule has 1 heterocycles. The van der Waals surface area contributed by atoms with Crippen molar-refractivity contribution >= 4 is 5.78 Å². The van der Waals surface area contributed by atoms with Gasteiger partial charge in [0.05, 0.1) is 0 Å². The first-order valence-electron chi connectivity index (χ1n) is 4.67. The molecule has 1 aromatic rings. The molecule has 2 rings (SSSR count). The Morgan fingerprint density at radius 3 is 2.67 bits per heavy atom. The summed E-state index contributed by atoms with van der Waals surface area (Å²) >= 11 is 0. The van der Waals surface area contributed by atoms with Gasteiger partial charge in [0, 0.05) is 29.3 Å². The maximum atomic E-state index is 12.6. The van der Waals surface area contributed by atoms with Crippen LogP contribution in [0.3, 0.4) is 0 Å². The van der Waals surface area contributed by atoms with Crippen LogP contribution in [0.15, 0.2) is 10.9 Å². The predicted molar refractivity (Wildman–Crippen MR) is 49.3 cm³/mol. The monoisotopic (exact) mass is 213 g/mol. The van der Waals surface area contributed by atoms with Gasteiger partial charge in [-0.05, 0) is 12.8 Å². The van der Waals surface area contributed by atoms with Crippen LogP contribution in [0.1, 0.15) is 40.9 Å². The molecule has 80 valence electrons. The molecular formula is C10H9F2NO2. The van der Waals surface area contributed by atoms with Crippen molar-refractivity contribution in [3.05, 3.63) is 33.2 Å². The number of carbonyl (C=O) groups excluding carboxylic acids is 1. The van der Waals surface area contributed by atoms with E-state index in [0.29, 0.717) is 18.5 Å². The highest BCUT2D eigenvalue weighted by Gasteiger charge is 2.25. The second-order valence-electron chi connectivity index (χ2n) is 3.52. The summed E-state index contributed by atoms with van der Waals surface area (Å²) in [5, 5.41) is 0. The van der Waals surface area contributed by atoms with E-state index in [1.807, 2.05) is 0 Å². The van der Waals surface area contributed by atoms with Crippen molar-refractivity contribution in [1.82, 2.24) is 4.98 Å². The average Bonchev–Trinajstić information content (AvgIpc) is 2.16. The van der Waals surface area contributed by atoms with Crippen molar-refractivity contribution < 1.29 is 13.6 Å². The maximum absolute atomic E-state index is 12.6. The third kappa shape index (κ3) is 1.69. The molecule has 0 fully saturated rings. The third-order valence-corrected chi connectivity index (χ3v) is 2.50. The Kier molecular flexibility index (Phi) is 2.38. The Balaban J connectivity index is 2.69. The summed E-state index contributed by atoms with van der Waals surface area (Å²) in [5.74, 6) is -0.303. The standard InChI is InChI=1S/C10H9F2NO2/c11-10(12)5-4-8(15)13-6-2-1-3-7(14)9(5)6/h4,10H,1-3H2,(H,13,15). The lowest BCUT2D eigenvalue weighted by Gasteiger charge is -2.17. The fourth-order valence-corrected chi connectivity index (χ4v) is 1.87. The third-order valence-electron chi connectivity index (χ3n) is 2.50. The van der Waals surface area contributed by atoms with E-state index in [1.54, 1.807) is 0 Å². The van der Waals surface area contributed by atoms with Gasteiger partial charge in [-0.1, -0.05) is 0 Å². The van der Waals surface area contributed by atoms with Crippen molar-refractivity contribution in [2.75, 3.05) is 0 Å². The quantitative estimate of drug-likeness (QED) is 0.773. The molecule has 0 unspecified atom stereocenters. The number of halogens is 2. The number of Topliss-reactive ketones (excluding diaryl/α,β-unsaturated/α-hetero) is 1. The van der Waals surface area contributed by atoms with E-state index in [-0.39, 0.29) is 17.8 Å². The largest absolute Gasteiger partial charge is 0.325 e. The van der Waals surface area contributed by atoms with Crippen LogP contribution in [0.5, 0.6) is 0 Å². The van der Waals surface area contributed by atoms with E-state index < -0.39 is 17.5 Å². The van der Waals surface area contributed by atoms with Crippen LogP contribution >= 0.6 is 0 Å². The normalized spacial score (nSPS) is 15.5. The van der Waals surface area contributed by atoms with E-state index in [0.717, 1.165) is 6.07 Å². The SMILES string of the molecule is O=C1CCCc2[nH]c(=O)cc(C(F)F)c21. The van der Waals surface area contributed by atoms with E-state index in [4.69, 9.17) is 0 Å². The maximum Gasteiger partial charge on any atom is 0.264 e. The van der Waals surface area contributed by atoms with Crippen LogP contribution in [0.25, 0.3) is 0 Å². The Bertz CT molecular complexity index is 465. The number of fused-ring (bicyclic) bond motifs is 1. The van der Waals surface area contributed by atoms with E-state index in [1.165, 1.54) is 0 Å². The van der Waals surface area contributed by atoms with Crippen LogP contribution in [-0.4, -0.2) is 10.8 Å². The van der Waals surface area contributed by atoms with Gasteiger partial charge in [0.15, 0.2) is 5.78 Å². The molecule has 0 bridgehead atoms. The molecule has 3 nitrogen and oxygen atoms in total. The van der Waals surface area contributed by atoms with Crippen molar-refractivity contribution in [3.63, 3.8) is 0 Å². The second kappa shape index (κ2) is 3.56. The molecular weight excluding hydrogens is 204 g/mol. The number of rotatable bonds is 1. The molecule has 0 amide bonds. The van der Waals surface area contributed by atoms with Gasteiger partial charge >= 0.3 is 0 Å². The van der Waals surface area contributed by atoms with Gasteiger partial charge in [-0.25, -0.2) is 8.78 Å². The first-order valence-corrected chi connectivity index (χ1v) is 4.67. The number of aryl methyl sites for hydroxylation is 1. The minimum absolute atomic E-state index is 0.0239. The zero-order chi connectivity index (χ0) is 11.0. The van der Waals surface area contributed by atoms with Crippen LogP contribution in [-0.2, 0) is 6.42 Å². The van der Waals surface area contributed by atoms with Crippen molar-refractivity contribution in [2.24, 2.45) is 0 Å². The Morgan fingerprint density at radius 2 is 2.00 bits per heavy atom. The number of nitrogens with one attached hydrogen (secondary N) is 1. The van der Waals surface area contributed by atoms with Crippen molar-refractivity contribution in [2.45, 2.75) is 25.7 Å². The Morgan fingerprint density at radius 1 is 1.27 bits per heavy atom. The Hall–Kier alpha value is -1.52. The van der Waals surface area contributed by atoms with E-state index in [2.05, 4.69) is 4.98 Å². The number of ketones is 1. The van der Waals surface area contributed by atoms with Gasteiger partial charge in [-0.3, -0.25) is 9.59 Å². The summed E-state index contributed by atoms with van der Waals surface area (Å²) in [7, 11) is 0.